The molecular weight excluding hydrogens is 412 g/mol. The molecule has 2 rings (SSSR count). The number of hydrogen-bond acceptors (Lipinski definition) is 3. The third-order valence-electron chi connectivity index (χ3n) is 5.01. The van der Waals surface area contributed by atoms with Crippen LogP contribution in [-0.4, -0.2) is 31.9 Å². The molecule has 1 unspecified atom stereocenters. The zero-order chi connectivity index (χ0) is 22.4. The second-order valence-electron chi connectivity index (χ2n) is 9.67. The highest BCUT2D eigenvalue weighted by Crippen LogP contribution is 2.38. The average molecular weight is 447 g/mol. The lowest BCUT2D eigenvalue weighted by Crippen LogP contribution is -2.67. The van der Waals surface area contributed by atoms with Crippen molar-refractivity contribution in [1.82, 2.24) is 0 Å². The van der Waals surface area contributed by atoms with Gasteiger partial charge in [0.05, 0.1) is 12.5 Å². The Morgan fingerprint density at radius 1 is 0.900 bits per heavy atom. The largest absolute Gasteiger partial charge is 0.460 e. The van der Waals surface area contributed by atoms with Gasteiger partial charge in [-0.05, 0) is 42.6 Å². The van der Waals surface area contributed by atoms with Crippen LogP contribution in [0.4, 0.5) is 0 Å². The van der Waals surface area contributed by atoms with E-state index in [2.05, 4.69) is 69.3 Å². The van der Waals surface area contributed by atoms with Crippen molar-refractivity contribution >= 4 is 36.3 Å². The van der Waals surface area contributed by atoms with E-state index < -0.39 is 13.9 Å². The van der Waals surface area contributed by atoms with E-state index in [9.17, 15) is 4.79 Å². The SMILES string of the molecule is CC(C)(C)OC(=O)CC(CCCl)O[Si](c1ccccc1)(c1ccccc1)C(C)(C)C. The molecule has 0 aromatic heterocycles. The van der Waals surface area contributed by atoms with Gasteiger partial charge < -0.3 is 9.16 Å². The minimum Gasteiger partial charge on any atom is -0.460 e. The van der Waals surface area contributed by atoms with Crippen molar-refractivity contribution in [2.75, 3.05) is 5.88 Å². The van der Waals surface area contributed by atoms with Crippen LogP contribution in [0.5, 0.6) is 0 Å². The number of hydrogen-bond donors (Lipinski definition) is 0. The van der Waals surface area contributed by atoms with Gasteiger partial charge in [0.15, 0.2) is 0 Å². The summed E-state index contributed by atoms with van der Waals surface area (Å²) in [6.07, 6.45) is 0.462. The molecule has 0 bridgehead atoms. The zero-order valence-electron chi connectivity index (χ0n) is 19.1. The number of rotatable bonds is 8. The standard InChI is InChI=1S/C25H35ClO3Si/c1-24(2,3)28-23(27)19-20(17-18-26)29-30(25(4,5)6,21-13-9-7-10-14-21)22-15-11-8-12-16-22/h7-16,20H,17-19H2,1-6H3. The molecule has 0 N–H and O–H groups in total. The van der Waals surface area contributed by atoms with Gasteiger partial charge in [-0.25, -0.2) is 0 Å². The van der Waals surface area contributed by atoms with Gasteiger partial charge in [0.1, 0.15) is 5.60 Å². The van der Waals surface area contributed by atoms with Gasteiger partial charge in [-0.15, -0.1) is 11.6 Å². The van der Waals surface area contributed by atoms with Crippen molar-refractivity contribution in [3.8, 4) is 0 Å². The number of esters is 1. The van der Waals surface area contributed by atoms with Crippen molar-refractivity contribution in [3.63, 3.8) is 0 Å². The molecule has 0 saturated heterocycles. The predicted octanol–water partition coefficient (Wildman–Crippen LogP) is 5.29. The Kier molecular flexibility index (Phi) is 8.32. The Labute approximate surface area is 187 Å². The minimum absolute atomic E-state index is 0.159. The Balaban J connectivity index is 2.53. The maximum atomic E-state index is 12.6. The molecule has 0 radical (unpaired) electrons. The van der Waals surface area contributed by atoms with Gasteiger partial charge in [0.2, 0.25) is 0 Å². The predicted molar refractivity (Wildman–Crippen MR) is 128 cm³/mol. The third-order valence-corrected chi connectivity index (χ3v) is 10.3. The van der Waals surface area contributed by atoms with Crippen molar-refractivity contribution in [3.05, 3.63) is 60.7 Å². The van der Waals surface area contributed by atoms with Crippen LogP contribution in [0.2, 0.25) is 5.04 Å². The van der Waals surface area contributed by atoms with E-state index in [0.29, 0.717) is 12.3 Å². The molecule has 30 heavy (non-hydrogen) atoms. The Morgan fingerprint density at radius 2 is 1.37 bits per heavy atom. The van der Waals surface area contributed by atoms with Crippen LogP contribution in [0.3, 0.4) is 0 Å². The quantitative estimate of drug-likeness (QED) is 0.314. The molecule has 2 aromatic rings. The van der Waals surface area contributed by atoms with Crippen molar-refractivity contribution in [1.29, 1.82) is 0 Å². The van der Waals surface area contributed by atoms with Gasteiger partial charge in [-0.1, -0.05) is 81.4 Å². The molecule has 0 fully saturated rings. The topological polar surface area (TPSA) is 35.5 Å². The van der Waals surface area contributed by atoms with Gasteiger partial charge in [0.25, 0.3) is 8.32 Å². The summed E-state index contributed by atoms with van der Waals surface area (Å²) in [6.45, 7) is 12.3. The highest BCUT2D eigenvalue weighted by atomic mass is 35.5. The summed E-state index contributed by atoms with van der Waals surface area (Å²) >= 11 is 6.13. The number of carbonyl (C=O) groups is 1. The fourth-order valence-electron chi connectivity index (χ4n) is 3.83. The van der Waals surface area contributed by atoms with Gasteiger partial charge >= 0.3 is 5.97 Å². The molecule has 0 saturated carbocycles. The van der Waals surface area contributed by atoms with E-state index in [1.807, 2.05) is 32.9 Å². The van der Waals surface area contributed by atoms with E-state index in [1.54, 1.807) is 0 Å². The number of halogens is 1. The third kappa shape index (κ3) is 6.19. The fourth-order valence-corrected chi connectivity index (χ4v) is 8.79. The van der Waals surface area contributed by atoms with E-state index in [4.69, 9.17) is 20.8 Å². The molecular formula is C25H35ClO3Si. The number of alkyl halides is 1. The Morgan fingerprint density at radius 3 is 1.73 bits per heavy atom. The molecule has 0 aliphatic carbocycles. The fraction of sp³-hybridized carbons (Fsp3) is 0.480. The lowest BCUT2D eigenvalue weighted by molar-refractivity contribution is -0.156. The summed E-state index contributed by atoms with van der Waals surface area (Å²) in [6, 6.07) is 20.9. The molecule has 1 atom stereocenters. The molecule has 0 amide bonds. The van der Waals surface area contributed by atoms with Crippen molar-refractivity contribution in [2.24, 2.45) is 0 Å². The van der Waals surface area contributed by atoms with Crippen molar-refractivity contribution in [2.45, 2.75) is 71.1 Å². The van der Waals surface area contributed by atoms with E-state index in [0.717, 1.165) is 0 Å². The molecule has 3 nitrogen and oxygen atoms in total. The molecule has 0 spiro atoms. The van der Waals surface area contributed by atoms with Crippen LogP contribution in [0.15, 0.2) is 60.7 Å². The molecule has 2 aromatic carbocycles. The highest BCUT2D eigenvalue weighted by molar-refractivity contribution is 6.99. The van der Waals surface area contributed by atoms with E-state index >= 15 is 0 Å². The first-order valence-electron chi connectivity index (χ1n) is 10.6. The van der Waals surface area contributed by atoms with Crippen molar-refractivity contribution < 1.29 is 14.0 Å². The van der Waals surface area contributed by atoms with E-state index in [1.165, 1.54) is 10.4 Å². The smallest absolute Gasteiger partial charge is 0.308 e. The van der Waals surface area contributed by atoms with Crippen LogP contribution in [0.25, 0.3) is 0 Å². The first-order chi connectivity index (χ1) is 14.0. The Hall–Kier alpha value is -1.62. The maximum absolute atomic E-state index is 12.6. The minimum atomic E-state index is -2.74. The van der Waals surface area contributed by atoms with Gasteiger partial charge in [0, 0.05) is 5.88 Å². The average Bonchev–Trinajstić information content (AvgIpc) is 2.65. The number of benzene rings is 2. The van der Waals surface area contributed by atoms with Crippen LogP contribution in [0, 0.1) is 0 Å². The highest BCUT2D eigenvalue weighted by Gasteiger charge is 2.51. The zero-order valence-corrected chi connectivity index (χ0v) is 20.8. The second kappa shape index (κ2) is 10.1. The Bertz CT molecular complexity index is 755. The lowest BCUT2D eigenvalue weighted by Gasteiger charge is -2.45. The van der Waals surface area contributed by atoms with Crippen LogP contribution in [-0.2, 0) is 14.0 Å². The molecule has 164 valence electrons. The van der Waals surface area contributed by atoms with Crippen LogP contribution >= 0.6 is 11.6 Å². The lowest BCUT2D eigenvalue weighted by atomic mass is 10.1. The summed E-state index contributed by atoms with van der Waals surface area (Å²) in [7, 11) is -2.74. The van der Waals surface area contributed by atoms with E-state index in [-0.39, 0.29) is 23.5 Å². The summed E-state index contributed by atoms with van der Waals surface area (Å²) in [4.78, 5) is 12.6. The number of carbonyl (C=O) groups excluding carboxylic acids is 1. The van der Waals surface area contributed by atoms with Crippen LogP contribution in [0.1, 0.15) is 54.4 Å². The molecule has 0 aliphatic heterocycles. The summed E-state index contributed by atoms with van der Waals surface area (Å²) in [5, 5.41) is 2.22. The molecule has 0 heterocycles. The first-order valence-corrected chi connectivity index (χ1v) is 13.0. The monoisotopic (exact) mass is 446 g/mol. The normalized spacial score (nSPS) is 13.7. The number of ether oxygens (including phenoxy) is 1. The molecule has 0 aliphatic rings. The first kappa shape index (κ1) is 24.6. The second-order valence-corrected chi connectivity index (χ2v) is 14.3. The van der Waals surface area contributed by atoms with Gasteiger partial charge in [-0.2, -0.15) is 0 Å². The molecule has 5 heteroatoms. The maximum Gasteiger partial charge on any atom is 0.308 e. The van der Waals surface area contributed by atoms with Gasteiger partial charge in [-0.3, -0.25) is 4.79 Å². The summed E-state index contributed by atoms with van der Waals surface area (Å²) in [5.74, 6) is 0.168. The van der Waals surface area contributed by atoms with Crippen LogP contribution < -0.4 is 10.4 Å². The summed E-state index contributed by atoms with van der Waals surface area (Å²) in [5.41, 5.74) is -0.528. The summed E-state index contributed by atoms with van der Waals surface area (Å²) < 4.78 is 12.6.